The zero-order valence-electron chi connectivity index (χ0n) is 12.9. The number of rotatable bonds is 5. The van der Waals surface area contributed by atoms with E-state index in [-0.39, 0.29) is 5.78 Å². The zero-order chi connectivity index (χ0) is 15.4. The zero-order valence-corrected chi connectivity index (χ0v) is 12.9. The van der Waals surface area contributed by atoms with Gasteiger partial charge in [-0.1, -0.05) is 18.2 Å². The van der Waals surface area contributed by atoms with Crippen LogP contribution >= 0.6 is 0 Å². The highest BCUT2D eigenvalue weighted by Crippen LogP contribution is 2.26. The summed E-state index contributed by atoms with van der Waals surface area (Å²) in [6, 6.07) is 11.4. The topological polar surface area (TPSA) is 35.5 Å². The summed E-state index contributed by atoms with van der Waals surface area (Å²) in [6.07, 6.45) is 0.329. The summed E-state index contributed by atoms with van der Waals surface area (Å²) < 4.78 is 10.6. The Labute approximate surface area is 125 Å². The van der Waals surface area contributed by atoms with Crippen molar-refractivity contribution in [2.24, 2.45) is 0 Å². The van der Waals surface area contributed by atoms with Gasteiger partial charge in [0.25, 0.3) is 0 Å². The van der Waals surface area contributed by atoms with Crippen molar-refractivity contribution in [2.75, 3.05) is 14.2 Å². The molecule has 0 fully saturated rings. The Bertz CT molecular complexity index is 636. The molecule has 0 N–H and O–H groups in total. The molecule has 21 heavy (non-hydrogen) atoms. The molecule has 0 aliphatic carbocycles. The summed E-state index contributed by atoms with van der Waals surface area (Å²) in [5, 5.41) is 0. The number of benzene rings is 2. The highest BCUT2D eigenvalue weighted by atomic mass is 16.5. The van der Waals surface area contributed by atoms with Gasteiger partial charge in [0.15, 0.2) is 5.78 Å². The molecule has 0 atom stereocenters. The molecule has 110 valence electrons. The second-order valence-electron chi connectivity index (χ2n) is 5.06. The molecule has 2 aromatic rings. The third kappa shape index (κ3) is 3.24. The number of Topliss-reactive ketones (excluding diaryl/α,β-unsaturated/α-hetero) is 1. The maximum atomic E-state index is 12.5. The molecule has 0 saturated heterocycles. The maximum Gasteiger partial charge on any atom is 0.167 e. The first-order valence-corrected chi connectivity index (χ1v) is 6.87. The van der Waals surface area contributed by atoms with Crippen molar-refractivity contribution < 1.29 is 14.3 Å². The molecule has 0 spiro atoms. The minimum absolute atomic E-state index is 0.0772. The van der Waals surface area contributed by atoms with Gasteiger partial charge in [0.05, 0.1) is 14.2 Å². The lowest BCUT2D eigenvalue weighted by atomic mass is 9.98. The van der Waals surface area contributed by atoms with Gasteiger partial charge in [0.2, 0.25) is 0 Å². The minimum Gasteiger partial charge on any atom is -0.496 e. The van der Waals surface area contributed by atoms with E-state index in [0.29, 0.717) is 12.0 Å². The number of hydrogen-bond acceptors (Lipinski definition) is 3. The number of ketones is 1. The van der Waals surface area contributed by atoms with E-state index in [2.05, 4.69) is 0 Å². The van der Waals surface area contributed by atoms with Crippen LogP contribution in [0.2, 0.25) is 0 Å². The molecular formula is C18H20O3. The van der Waals surface area contributed by atoms with Crippen LogP contribution < -0.4 is 9.47 Å². The maximum absolute atomic E-state index is 12.5. The molecule has 0 aliphatic heterocycles. The number of methoxy groups -OCH3 is 2. The highest BCUT2D eigenvalue weighted by Gasteiger charge is 2.13. The molecule has 2 rings (SSSR count). The lowest BCUT2D eigenvalue weighted by Crippen LogP contribution is -2.06. The molecular weight excluding hydrogens is 264 g/mol. The van der Waals surface area contributed by atoms with Gasteiger partial charge in [-0.05, 0) is 43.2 Å². The number of carbonyl (C=O) groups excluding carboxylic acids is 1. The predicted octanol–water partition coefficient (Wildman–Crippen LogP) is 3.75. The average molecular weight is 284 g/mol. The summed E-state index contributed by atoms with van der Waals surface area (Å²) in [4.78, 5) is 12.5. The first-order valence-electron chi connectivity index (χ1n) is 6.87. The Hall–Kier alpha value is -2.29. The summed E-state index contributed by atoms with van der Waals surface area (Å²) in [5.41, 5.74) is 3.55. The van der Waals surface area contributed by atoms with Crippen LogP contribution in [0.1, 0.15) is 27.0 Å². The van der Waals surface area contributed by atoms with E-state index < -0.39 is 0 Å². The Morgan fingerprint density at radius 1 is 1.00 bits per heavy atom. The van der Waals surface area contributed by atoms with Gasteiger partial charge in [-0.25, -0.2) is 0 Å². The van der Waals surface area contributed by atoms with Crippen LogP contribution in [0.25, 0.3) is 0 Å². The van der Waals surface area contributed by atoms with Gasteiger partial charge in [-0.3, -0.25) is 4.79 Å². The third-order valence-corrected chi connectivity index (χ3v) is 3.53. The van der Waals surface area contributed by atoms with Crippen molar-refractivity contribution in [1.82, 2.24) is 0 Å². The molecule has 0 amide bonds. The van der Waals surface area contributed by atoms with Crippen molar-refractivity contribution in [3.05, 3.63) is 58.7 Å². The molecule has 0 saturated carbocycles. The van der Waals surface area contributed by atoms with Crippen LogP contribution in [0.4, 0.5) is 0 Å². The normalized spacial score (nSPS) is 10.3. The Morgan fingerprint density at radius 2 is 1.62 bits per heavy atom. The van der Waals surface area contributed by atoms with Crippen LogP contribution in [0.3, 0.4) is 0 Å². The van der Waals surface area contributed by atoms with Crippen molar-refractivity contribution in [2.45, 2.75) is 20.3 Å². The number of ether oxygens (including phenoxy) is 2. The van der Waals surface area contributed by atoms with E-state index in [4.69, 9.17) is 9.47 Å². The van der Waals surface area contributed by atoms with Gasteiger partial charge in [-0.2, -0.15) is 0 Å². The second-order valence-corrected chi connectivity index (χ2v) is 5.06. The summed E-state index contributed by atoms with van der Waals surface area (Å²) in [7, 11) is 3.26. The van der Waals surface area contributed by atoms with Crippen LogP contribution in [0, 0.1) is 13.8 Å². The Morgan fingerprint density at radius 3 is 2.19 bits per heavy atom. The molecule has 3 heteroatoms. The Kier molecular flexibility index (Phi) is 4.63. The molecule has 2 aromatic carbocycles. The lowest BCUT2D eigenvalue weighted by molar-refractivity contribution is 0.0992. The number of aryl methyl sites for hydroxylation is 2. The van der Waals surface area contributed by atoms with Crippen LogP contribution in [-0.2, 0) is 6.42 Å². The van der Waals surface area contributed by atoms with E-state index in [1.54, 1.807) is 14.2 Å². The van der Waals surface area contributed by atoms with Crippen LogP contribution in [0.15, 0.2) is 36.4 Å². The first-order chi connectivity index (χ1) is 10.1. The summed E-state index contributed by atoms with van der Waals surface area (Å²) >= 11 is 0. The monoisotopic (exact) mass is 284 g/mol. The first kappa shape index (κ1) is 15.1. The van der Waals surface area contributed by atoms with Gasteiger partial charge in [-0.15, -0.1) is 0 Å². The molecule has 0 bridgehead atoms. The number of carbonyl (C=O) groups is 1. The van der Waals surface area contributed by atoms with Crippen molar-refractivity contribution in [3.63, 3.8) is 0 Å². The number of hydrogen-bond donors (Lipinski definition) is 0. The summed E-state index contributed by atoms with van der Waals surface area (Å²) in [5.74, 6) is 1.66. The van der Waals surface area contributed by atoms with Gasteiger partial charge in [0, 0.05) is 17.5 Å². The van der Waals surface area contributed by atoms with Gasteiger partial charge >= 0.3 is 0 Å². The van der Waals surface area contributed by atoms with Gasteiger partial charge in [0.1, 0.15) is 11.5 Å². The summed E-state index contributed by atoms with van der Waals surface area (Å²) in [6.45, 7) is 3.90. The molecule has 0 unspecified atom stereocenters. The average Bonchev–Trinajstić information content (AvgIpc) is 2.47. The fraction of sp³-hybridized carbons (Fsp3) is 0.278. The fourth-order valence-corrected chi connectivity index (χ4v) is 2.56. The van der Waals surface area contributed by atoms with Gasteiger partial charge < -0.3 is 9.47 Å². The predicted molar refractivity (Wildman–Crippen MR) is 83.5 cm³/mol. The van der Waals surface area contributed by atoms with E-state index in [9.17, 15) is 4.79 Å². The van der Waals surface area contributed by atoms with Crippen molar-refractivity contribution in [1.29, 1.82) is 0 Å². The molecule has 0 heterocycles. The van der Waals surface area contributed by atoms with E-state index in [1.165, 1.54) is 0 Å². The minimum atomic E-state index is 0.0772. The standard InChI is InChI=1S/C18H20O3/c1-12-9-15(10-13(2)18(12)21-4)16(19)11-14-7-5-6-8-17(14)20-3/h5-10H,11H2,1-4H3. The fourth-order valence-electron chi connectivity index (χ4n) is 2.56. The second kappa shape index (κ2) is 6.44. The molecule has 3 nitrogen and oxygen atoms in total. The smallest absolute Gasteiger partial charge is 0.167 e. The largest absolute Gasteiger partial charge is 0.496 e. The molecule has 0 radical (unpaired) electrons. The van der Waals surface area contributed by atoms with Crippen LogP contribution in [0.5, 0.6) is 11.5 Å². The SMILES string of the molecule is COc1ccccc1CC(=O)c1cc(C)c(OC)c(C)c1. The number of para-hydroxylation sites is 1. The Balaban J connectivity index is 2.29. The van der Waals surface area contributed by atoms with Crippen molar-refractivity contribution >= 4 is 5.78 Å². The highest BCUT2D eigenvalue weighted by molar-refractivity contribution is 5.98. The lowest BCUT2D eigenvalue weighted by Gasteiger charge is -2.12. The van der Waals surface area contributed by atoms with E-state index >= 15 is 0 Å². The van der Waals surface area contributed by atoms with Crippen molar-refractivity contribution in [3.8, 4) is 11.5 Å². The van der Waals surface area contributed by atoms with Crippen LogP contribution in [-0.4, -0.2) is 20.0 Å². The van der Waals surface area contributed by atoms with E-state index in [1.807, 2.05) is 50.2 Å². The quantitative estimate of drug-likeness (QED) is 0.784. The molecule has 0 aliphatic rings. The van der Waals surface area contributed by atoms with E-state index in [0.717, 1.165) is 28.2 Å². The third-order valence-electron chi connectivity index (χ3n) is 3.53. The molecule has 0 aromatic heterocycles.